The highest BCUT2D eigenvalue weighted by Gasteiger charge is 2.01. The van der Waals surface area contributed by atoms with E-state index < -0.39 is 0 Å². The van der Waals surface area contributed by atoms with Crippen LogP contribution < -0.4 is 10.5 Å². The van der Waals surface area contributed by atoms with Crippen LogP contribution in [0.25, 0.3) is 0 Å². The molecule has 0 saturated heterocycles. The Balaban J connectivity index is 2.43. The van der Waals surface area contributed by atoms with Crippen LogP contribution in [0.3, 0.4) is 0 Å². The molecule has 1 rings (SSSR count). The van der Waals surface area contributed by atoms with E-state index in [1.54, 1.807) is 24.3 Å². The lowest BCUT2D eigenvalue weighted by Gasteiger charge is -2.10. The van der Waals surface area contributed by atoms with Crippen LogP contribution in [-0.4, -0.2) is 29.5 Å². The quantitative estimate of drug-likeness (QED) is 0.615. The van der Waals surface area contributed by atoms with E-state index in [2.05, 4.69) is 0 Å². The maximum atomic E-state index is 8.79. The van der Waals surface area contributed by atoms with Crippen LogP contribution in [0.15, 0.2) is 24.3 Å². The van der Waals surface area contributed by atoms with Crippen LogP contribution in [0.2, 0.25) is 0 Å². The minimum Gasteiger partial charge on any atom is -0.492 e. The monoisotopic (exact) mass is 197 g/mol. The van der Waals surface area contributed by atoms with Gasteiger partial charge < -0.3 is 20.7 Å². The van der Waals surface area contributed by atoms with Crippen LogP contribution in [-0.2, 0) is 6.61 Å². The Morgan fingerprint density at radius 1 is 1.21 bits per heavy atom. The molecular weight excluding hydrogens is 182 g/mol. The zero-order valence-electron chi connectivity index (χ0n) is 7.89. The molecular formula is C10H15NO3. The molecule has 1 atom stereocenters. The summed E-state index contributed by atoms with van der Waals surface area (Å²) >= 11 is 0. The third-order valence-electron chi connectivity index (χ3n) is 1.80. The zero-order valence-corrected chi connectivity index (χ0v) is 7.89. The Labute approximate surface area is 82.9 Å². The molecule has 0 bridgehead atoms. The van der Waals surface area contributed by atoms with Gasteiger partial charge in [0.15, 0.2) is 0 Å². The van der Waals surface area contributed by atoms with Crippen molar-refractivity contribution in [2.75, 3.05) is 13.2 Å². The topological polar surface area (TPSA) is 75.7 Å². The first-order valence-electron chi connectivity index (χ1n) is 4.45. The molecule has 0 amide bonds. The van der Waals surface area contributed by atoms with Gasteiger partial charge in [-0.05, 0) is 17.7 Å². The average Bonchev–Trinajstić information content (AvgIpc) is 2.26. The van der Waals surface area contributed by atoms with Crippen LogP contribution in [0.5, 0.6) is 5.75 Å². The number of aliphatic hydroxyl groups excluding tert-OH is 2. The molecule has 0 radical (unpaired) electrons. The van der Waals surface area contributed by atoms with Gasteiger partial charge in [0.2, 0.25) is 0 Å². The highest BCUT2D eigenvalue weighted by molar-refractivity contribution is 5.26. The fraction of sp³-hybridized carbons (Fsp3) is 0.400. The molecule has 1 aromatic carbocycles. The minimum atomic E-state index is -0.354. The minimum absolute atomic E-state index is 0.0242. The third kappa shape index (κ3) is 3.33. The summed E-state index contributed by atoms with van der Waals surface area (Å²) in [5.41, 5.74) is 6.30. The number of hydrogen-bond acceptors (Lipinski definition) is 4. The predicted molar refractivity (Wildman–Crippen MR) is 52.9 cm³/mol. The first kappa shape index (κ1) is 11.0. The average molecular weight is 197 g/mol. The highest BCUT2D eigenvalue weighted by Crippen LogP contribution is 2.11. The lowest BCUT2D eigenvalue weighted by atomic mass is 10.2. The van der Waals surface area contributed by atoms with Gasteiger partial charge >= 0.3 is 0 Å². The molecule has 0 aliphatic carbocycles. The van der Waals surface area contributed by atoms with Gasteiger partial charge in [0.25, 0.3) is 0 Å². The smallest absolute Gasteiger partial charge is 0.119 e. The number of nitrogens with two attached hydrogens (primary N) is 1. The molecule has 0 saturated carbocycles. The van der Waals surface area contributed by atoms with Crippen molar-refractivity contribution in [1.82, 2.24) is 0 Å². The molecule has 4 N–H and O–H groups in total. The summed E-state index contributed by atoms with van der Waals surface area (Å²) in [6, 6.07) is 6.72. The van der Waals surface area contributed by atoms with E-state index in [-0.39, 0.29) is 25.9 Å². The molecule has 0 spiro atoms. The SMILES string of the molecule is NC(CO)COc1ccc(CO)cc1. The Morgan fingerprint density at radius 3 is 2.36 bits per heavy atom. The first-order valence-corrected chi connectivity index (χ1v) is 4.45. The highest BCUT2D eigenvalue weighted by atomic mass is 16.5. The molecule has 4 nitrogen and oxygen atoms in total. The lowest BCUT2D eigenvalue weighted by molar-refractivity contribution is 0.206. The van der Waals surface area contributed by atoms with Gasteiger partial charge in [-0.15, -0.1) is 0 Å². The summed E-state index contributed by atoms with van der Waals surface area (Å²) in [7, 11) is 0. The van der Waals surface area contributed by atoms with E-state index in [0.717, 1.165) is 5.56 Å². The fourth-order valence-corrected chi connectivity index (χ4v) is 0.947. The number of ether oxygens (including phenoxy) is 1. The van der Waals surface area contributed by atoms with Crippen molar-refractivity contribution >= 4 is 0 Å². The van der Waals surface area contributed by atoms with Crippen molar-refractivity contribution in [2.45, 2.75) is 12.6 Å². The van der Waals surface area contributed by atoms with E-state index in [9.17, 15) is 0 Å². The van der Waals surface area contributed by atoms with Crippen molar-refractivity contribution in [3.05, 3.63) is 29.8 Å². The van der Waals surface area contributed by atoms with Gasteiger partial charge in [0.05, 0.1) is 19.3 Å². The normalized spacial score (nSPS) is 12.5. The molecule has 1 unspecified atom stereocenters. The molecule has 78 valence electrons. The molecule has 0 aliphatic rings. The summed E-state index contributed by atoms with van der Waals surface area (Å²) in [4.78, 5) is 0. The molecule has 4 heteroatoms. The van der Waals surface area contributed by atoms with Gasteiger partial charge in [-0.2, -0.15) is 0 Å². The predicted octanol–water partition coefficient (Wildman–Crippen LogP) is -0.123. The van der Waals surface area contributed by atoms with E-state index in [0.29, 0.717) is 5.75 Å². The maximum absolute atomic E-state index is 8.79. The fourth-order valence-electron chi connectivity index (χ4n) is 0.947. The van der Waals surface area contributed by atoms with Crippen molar-refractivity contribution in [2.24, 2.45) is 5.73 Å². The van der Waals surface area contributed by atoms with E-state index >= 15 is 0 Å². The van der Waals surface area contributed by atoms with Crippen LogP contribution in [0.1, 0.15) is 5.56 Å². The number of aliphatic hydroxyl groups is 2. The molecule has 0 fully saturated rings. The number of rotatable bonds is 5. The second-order valence-corrected chi connectivity index (χ2v) is 3.06. The largest absolute Gasteiger partial charge is 0.492 e. The molecule has 14 heavy (non-hydrogen) atoms. The standard InChI is InChI=1S/C10H15NO3/c11-9(6-13)7-14-10-3-1-8(5-12)2-4-10/h1-4,9,12-13H,5-7,11H2. The molecule has 0 aromatic heterocycles. The maximum Gasteiger partial charge on any atom is 0.119 e. The number of benzene rings is 1. The Morgan fingerprint density at radius 2 is 1.86 bits per heavy atom. The van der Waals surface area contributed by atoms with Gasteiger partial charge in [0.1, 0.15) is 12.4 Å². The summed E-state index contributed by atoms with van der Waals surface area (Å²) in [5, 5.41) is 17.4. The van der Waals surface area contributed by atoms with Crippen LogP contribution in [0, 0.1) is 0 Å². The van der Waals surface area contributed by atoms with Gasteiger partial charge in [-0.3, -0.25) is 0 Å². The van der Waals surface area contributed by atoms with Gasteiger partial charge in [0, 0.05) is 0 Å². The van der Waals surface area contributed by atoms with E-state index in [1.807, 2.05) is 0 Å². The third-order valence-corrected chi connectivity index (χ3v) is 1.80. The van der Waals surface area contributed by atoms with Gasteiger partial charge in [-0.1, -0.05) is 12.1 Å². The zero-order chi connectivity index (χ0) is 10.4. The lowest BCUT2D eigenvalue weighted by Crippen LogP contribution is -2.31. The van der Waals surface area contributed by atoms with E-state index in [1.165, 1.54) is 0 Å². The second-order valence-electron chi connectivity index (χ2n) is 3.06. The summed E-state index contributed by atoms with van der Waals surface area (Å²) < 4.78 is 5.29. The van der Waals surface area contributed by atoms with Crippen molar-refractivity contribution in [1.29, 1.82) is 0 Å². The Kier molecular flexibility index (Phi) is 4.39. The Hall–Kier alpha value is -1.10. The summed E-state index contributed by atoms with van der Waals surface area (Å²) in [6.07, 6.45) is 0. The first-order chi connectivity index (χ1) is 6.76. The van der Waals surface area contributed by atoms with Crippen LogP contribution in [0.4, 0.5) is 0 Å². The summed E-state index contributed by atoms with van der Waals surface area (Å²) in [5.74, 6) is 0.686. The molecule has 1 aromatic rings. The molecule has 0 aliphatic heterocycles. The van der Waals surface area contributed by atoms with E-state index in [4.69, 9.17) is 20.7 Å². The Bertz CT molecular complexity index is 261. The van der Waals surface area contributed by atoms with Gasteiger partial charge in [-0.25, -0.2) is 0 Å². The number of hydrogen-bond donors (Lipinski definition) is 3. The van der Waals surface area contributed by atoms with Crippen molar-refractivity contribution in [3.8, 4) is 5.75 Å². The summed E-state index contributed by atoms with van der Waals surface area (Å²) in [6.45, 7) is 0.222. The van der Waals surface area contributed by atoms with Crippen molar-refractivity contribution < 1.29 is 14.9 Å². The molecule has 0 heterocycles. The van der Waals surface area contributed by atoms with Crippen LogP contribution >= 0.6 is 0 Å². The van der Waals surface area contributed by atoms with Crippen molar-refractivity contribution in [3.63, 3.8) is 0 Å². The second kappa shape index (κ2) is 5.59.